The molecule has 114 valence electrons. The fourth-order valence-electron chi connectivity index (χ4n) is 1.82. The van der Waals surface area contributed by atoms with Gasteiger partial charge in [0.05, 0.1) is 5.69 Å². The fourth-order valence-corrected chi connectivity index (χ4v) is 1.82. The molecular weight excluding hydrogens is 379 g/mol. The Hall–Kier alpha value is -1.57. The number of benzene rings is 1. The van der Waals surface area contributed by atoms with Gasteiger partial charge < -0.3 is 15.5 Å². The summed E-state index contributed by atoms with van der Waals surface area (Å²) in [7, 11) is 0. The van der Waals surface area contributed by atoms with Gasteiger partial charge in [-0.1, -0.05) is 19.1 Å². The van der Waals surface area contributed by atoms with Crippen LogP contribution >= 0.6 is 24.0 Å². The number of halogens is 1. The molecule has 0 radical (unpaired) electrons. The van der Waals surface area contributed by atoms with Gasteiger partial charge in [0.1, 0.15) is 12.3 Å². The molecule has 0 amide bonds. The van der Waals surface area contributed by atoms with E-state index in [0.29, 0.717) is 18.4 Å². The summed E-state index contributed by atoms with van der Waals surface area (Å²) in [6.45, 7) is 6.24. The number of nitrogens with zero attached hydrogens (tertiary/aromatic N) is 2. The van der Waals surface area contributed by atoms with Gasteiger partial charge in [0.2, 0.25) is 5.89 Å². The van der Waals surface area contributed by atoms with E-state index in [-0.39, 0.29) is 24.0 Å². The highest BCUT2D eigenvalue weighted by Crippen LogP contribution is 2.11. The van der Waals surface area contributed by atoms with E-state index in [0.717, 1.165) is 23.6 Å². The molecule has 0 spiro atoms. The second-order valence-corrected chi connectivity index (χ2v) is 4.63. The van der Waals surface area contributed by atoms with Crippen molar-refractivity contribution in [3.63, 3.8) is 0 Å². The smallest absolute Gasteiger partial charge is 0.216 e. The molecule has 6 heteroatoms. The van der Waals surface area contributed by atoms with Crippen LogP contribution in [0.3, 0.4) is 0 Å². The lowest BCUT2D eigenvalue weighted by atomic mass is 10.1. The zero-order valence-electron chi connectivity index (χ0n) is 12.5. The van der Waals surface area contributed by atoms with Crippen LogP contribution in [0.4, 0.5) is 5.69 Å². The topological polar surface area (TPSA) is 76.4 Å². The second kappa shape index (κ2) is 8.02. The molecule has 0 aliphatic rings. The van der Waals surface area contributed by atoms with E-state index in [2.05, 4.69) is 34.3 Å². The van der Waals surface area contributed by atoms with E-state index < -0.39 is 0 Å². The number of rotatable bonds is 4. The third-order valence-corrected chi connectivity index (χ3v) is 3.07. The van der Waals surface area contributed by atoms with Crippen LogP contribution < -0.4 is 11.1 Å². The Labute approximate surface area is 142 Å². The van der Waals surface area contributed by atoms with E-state index in [4.69, 9.17) is 10.2 Å². The number of oxazole rings is 1. The van der Waals surface area contributed by atoms with Crippen molar-refractivity contribution in [1.29, 1.82) is 0 Å². The average molecular weight is 400 g/mol. The summed E-state index contributed by atoms with van der Waals surface area (Å²) in [5.41, 5.74) is 8.93. The van der Waals surface area contributed by atoms with Gasteiger partial charge in [-0.25, -0.2) is 9.98 Å². The molecule has 0 saturated heterocycles. The van der Waals surface area contributed by atoms with Crippen LogP contribution in [0.5, 0.6) is 0 Å². The molecule has 1 heterocycles. The Balaban J connectivity index is 0.00000220. The minimum atomic E-state index is 0. The lowest BCUT2D eigenvalue weighted by Gasteiger charge is -2.06. The van der Waals surface area contributed by atoms with E-state index in [9.17, 15) is 0 Å². The zero-order valence-corrected chi connectivity index (χ0v) is 14.8. The molecule has 1 aromatic heterocycles. The minimum Gasteiger partial charge on any atom is -0.444 e. The molecule has 0 aliphatic heterocycles. The average Bonchev–Trinajstić information content (AvgIpc) is 2.76. The Bertz CT molecular complexity index is 602. The fraction of sp³-hybridized carbons (Fsp3) is 0.333. The molecule has 0 aliphatic carbocycles. The first kappa shape index (κ1) is 17.5. The van der Waals surface area contributed by atoms with E-state index >= 15 is 0 Å². The highest BCUT2D eigenvalue weighted by Gasteiger charge is 2.04. The van der Waals surface area contributed by atoms with Gasteiger partial charge in [0, 0.05) is 5.69 Å². The number of hydrogen-bond acceptors (Lipinski definition) is 3. The van der Waals surface area contributed by atoms with Crippen LogP contribution in [0, 0.1) is 13.8 Å². The Morgan fingerprint density at radius 1 is 1.38 bits per heavy atom. The lowest BCUT2D eigenvalue weighted by Crippen LogP contribution is -2.22. The van der Waals surface area contributed by atoms with Crippen molar-refractivity contribution in [2.24, 2.45) is 10.7 Å². The number of nitrogens with two attached hydrogens (primary N) is 1. The predicted octanol–water partition coefficient (Wildman–Crippen LogP) is 3.40. The zero-order chi connectivity index (χ0) is 14.5. The first-order chi connectivity index (χ1) is 9.58. The summed E-state index contributed by atoms with van der Waals surface area (Å²) in [4.78, 5) is 8.49. The minimum absolute atomic E-state index is 0. The van der Waals surface area contributed by atoms with Crippen molar-refractivity contribution in [1.82, 2.24) is 4.98 Å². The molecular formula is C15H21IN4O. The molecule has 2 rings (SSSR count). The third-order valence-electron chi connectivity index (χ3n) is 3.07. The molecule has 3 N–H and O–H groups in total. The first-order valence-electron chi connectivity index (χ1n) is 6.67. The van der Waals surface area contributed by atoms with Crippen LogP contribution in [-0.2, 0) is 13.0 Å². The summed E-state index contributed by atoms with van der Waals surface area (Å²) in [6.07, 6.45) is 0.988. The Morgan fingerprint density at radius 3 is 2.76 bits per heavy atom. The van der Waals surface area contributed by atoms with Gasteiger partial charge in [-0.05, 0) is 38.0 Å². The molecule has 2 aromatic rings. The Kier molecular flexibility index (Phi) is 6.67. The largest absolute Gasteiger partial charge is 0.444 e. The van der Waals surface area contributed by atoms with Crippen molar-refractivity contribution in [3.8, 4) is 0 Å². The monoisotopic (exact) mass is 400 g/mol. The molecule has 0 atom stereocenters. The maximum absolute atomic E-state index is 5.86. The van der Waals surface area contributed by atoms with Gasteiger partial charge in [0.15, 0.2) is 5.96 Å². The maximum Gasteiger partial charge on any atom is 0.216 e. The second-order valence-electron chi connectivity index (χ2n) is 4.63. The van der Waals surface area contributed by atoms with Gasteiger partial charge in [0.25, 0.3) is 0 Å². The maximum atomic E-state index is 5.86. The number of aliphatic imine (C=N–C) groups is 1. The van der Waals surface area contributed by atoms with Crippen molar-refractivity contribution in [3.05, 3.63) is 47.2 Å². The van der Waals surface area contributed by atoms with Crippen LogP contribution in [-0.4, -0.2) is 10.9 Å². The quantitative estimate of drug-likeness (QED) is 0.469. The van der Waals surface area contributed by atoms with Crippen LogP contribution in [0.25, 0.3) is 0 Å². The standard InChI is InChI=1S/C15H20N4O.HI/c1-4-12-6-5-7-13(8-12)19-15(16)17-9-14-18-10(2)11(3)20-14;/h5-8H,4,9H2,1-3H3,(H3,16,17,19);1H. The number of aromatic nitrogens is 1. The van der Waals surface area contributed by atoms with Crippen LogP contribution in [0.2, 0.25) is 0 Å². The van der Waals surface area contributed by atoms with Gasteiger partial charge in [-0.2, -0.15) is 0 Å². The van der Waals surface area contributed by atoms with Gasteiger partial charge in [-0.15, -0.1) is 24.0 Å². The molecule has 0 saturated carbocycles. The number of anilines is 1. The summed E-state index contributed by atoms with van der Waals surface area (Å²) in [5.74, 6) is 1.75. The Morgan fingerprint density at radius 2 is 2.14 bits per heavy atom. The lowest BCUT2D eigenvalue weighted by molar-refractivity contribution is 0.473. The SMILES string of the molecule is CCc1cccc(NC(N)=NCc2nc(C)c(C)o2)c1.I. The number of nitrogens with one attached hydrogen (secondary N) is 1. The normalized spacial score (nSPS) is 11.1. The molecule has 0 unspecified atom stereocenters. The van der Waals surface area contributed by atoms with E-state index in [1.165, 1.54) is 5.56 Å². The van der Waals surface area contributed by atoms with Crippen molar-refractivity contribution >= 4 is 35.6 Å². The molecule has 0 bridgehead atoms. The predicted molar refractivity (Wildman–Crippen MR) is 96.2 cm³/mol. The van der Waals surface area contributed by atoms with Crippen LogP contribution in [0.15, 0.2) is 33.7 Å². The third kappa shape index (κ3) is 5.04. The molecule has 0 fully saturated rings. The summed E-state index contributed by atoms with van der Waals surface area (Å²) >= 11 is 0. The number of guanidine groups is 1. The summed E-state index contributed by atoms with van der Waals surface area (Å²) in [5, 5.41) is 3.07. The number of aryl methyl sites for hydroxylation is 3. The molecule has 21 heavy (non-hydrogen) atoms. The highest BCUT2D eigenvalue weighted by molar-refractivity contribution is 14.0. The molecule has 5 nitrogen and oxygen atoms in total. The van der Waals surface area contributed by atoms with E-state index in [1.807, 2.05) is 26.0 Å². The summed E-state index contributed by atoms with van der Waals surface area (Å²) in [6, 6.07) is 8.09. The van der Waals surface area contributed by atoms with Gasteiger partial charge in [-0.3, -0.25) is 0 Å². The summed E-state index contributed by atoms with van der Waals surface area (Å²) < 4.78 is 5.45. The first-order valence-corrected chi connectivity index (χ1v) is 6.67. The van der Waals surface area contributed by atoms with Crippen molar-refractivity contribution < 1.29 is 4.42 Å². The number of hydrogen-bond donors (Lipinski definition) is 2. The highest BCUT2D eigenvalue weighted by atomic mass is 127. The van der Waals surface area contributed by atoms with Gasteiger partial charge >= 0.3 is 0 Å². The van der Waals surface area contributed by atoms with Crippen LogP contribution in [0.1, 0.15) is 29.8 Å². The molecule has 1 aromatic carbocycles. The van der Waals surface area contributed by atoms with Crippen molar-refractivity contribution in [2.45, 2.75) is 33.7 Å². The van der Waals surface area contributed by atoms with Crippen molar-refractivity contribution in [2.75, 3.05) is 5.32 Å². The van der Waals surface area contributed by atoms with E-state index in [1.54, 1.807) is 0 Å².